The van der Waals surface area contributed by atoms with Gasteiger partial charge in [-0.2, -0.15) is 5.10 Å². The molecule has 3 aromatic rings. The number of ketones is 1. The summed E-state index contributed by atoms with van der Waals surface area (Å²) in [7, 11) is 0. The molecule has 0 atom stereocenters. The Labute approximate surface area is 163 Å². The van der Waals surface area contributed by atoms with Gasteiger partial charge in [0.15, 0.2) is 5.78 Å². The minimum absolute atomic E-state index is 0.106. The number of hydrogen-bond acceptors (Lipinski definition) is 4. The molecule has 0 bridgehead atoms. The number of amides is 1. The third kappa shape index (κ3) is 3.41. The number of aryl methyl sites for hydroxylation is 2. The number of benzene rings is 2. The second kappa shape index (κ2) is 6.96. The number of nitrogens with two attached hydrogens (primary N) is 1. The Hall–Kier alpha value is -3.41. The molecule has 0 aliphatic heterocycles. The molecule has 2 aromatic carbocycles. The van der Waals surface area contributed by atoms with Gasteiger partial charge in [0.25, 0.3) is 5.91 Å². The van der Waals surface area contributed by atoms with Gasteiger partial charge in [-0.3, -0.25) is 9.59 Å². The Balaban J connectivity index is 1.68. The first-order valence-corrected chi connectivity index (χ1v) is 9.31. The molecule has 28 heavy (non-hydrogen) atoms. The first-order chi connectivity index (χ1) is 13.4. The molecule has 1 saturated carbocycles. The van der Waals surface area contributed by atoms with E-state index in [1.54, 1.807) is 18.2 Å². The van der Waals surface area contributed by atoms with Crippen molar-refractivity contribution in [2.24, 2.45) is 0 Å². The largest absolute Gasteiger partial charge is 0.383 e. The zero-order valence-electron chi connectivity index (χ0n) is 15.9. The highest BCUT2D eigenvalue weighted by molar-refractivity contribution is 6.11. The van der Waals surface area contributed by atoms with Crippen molar-refractivity contribution in [3.05, 3.63) is 76.5 Å². The molecular formula is C22H22N4O2. The van der Waals surface area contributed by atoms with Crippen molar-refractivity contribution in [3.8, 4) is 5.69 Å². The van der Waals surface area contributed by atoms with Crippen LogP contribution in [0.5, 0.6) is 0 Å². The van der Waals surface area contributed by atoms with Crippen LogP contribution in [0.15, 0.2) is 48.7 Å². The minimum Gasteiger partial charge on any atom is -0.383 e. The number of carbonyl (C=O) groups is 2. The molecule has 6 heteroatoms. The summed E-state index contributed by atoms with van der Waals surface area (Å²) < 4.78 is 1.52. The Morgan fingerprint density at radius 1 is 1.11 bits per heavy atom. The van der Waals surface area contributed by atoms with Crippen molar-refractivity contribution in [1.29, 1.82) is 0 Å². The lowest BCUT2D eigenvalue weighted by Crippen LogP contribution is -2.25. The number of nitrogens with zero attached hydrogens (tertiary/aromatic N) is 2. The molecule has 0 saturated heterocycles. The highest BCUT2D eigenvalue weighted by Gasteiger charge is 2.24. The summed E-state index contributed by atoms with van der Waals surface area (Å²) in [5.41, 5.74) is 10.3. The lowest BCUT2D eigenvalue weighted by Gasteiger charge is -2.11. The standard InChI is InChI=1S/C22H22N4O2/c1-13-4-3-5-15(10-13)20(27)18-12-24-26(21(18)23)19-11-16(7-6-14(19)2)22(28)25-17-8-9-17/h3-7,10-12,17H,8-9,23H2,1-2H3,(H,25,28). The average molecular weight is 374 g/mol. The fraction of sp³-hybridized carbons (Fsp3) is 0.227. The summed E-state index contributed by atoms with van der Waals surface area (Å²) in [4.78, 5) is 25.2. The van der Waals surface area contributed by atoms with Crippen LogP contribution in [0.25, 0.3) is 5.69 Å². The average Bonchev–Trinajstić information content (AvgIpc) is 3.41. The molecule has 0 spiro atoms. The highest BCUT2D eigenvalue weighted by atomic mass is 16.1. The molecule has 3 N–H and O–H groups in total. The molecule has 1 aliphatic carbocycles. The summed E-state index contributed by atoms with van der Waals surface area (Å²) in [5.74, 6) is -0.0207. The van der Waals surface area contributed by atoms with Gasteiger partial charge in [-0.1, -0.05) is 29.8 Å². The Bertz CT molecular complexity index is 1080. The molecule has 0 radical (unpaired) electrons. The van der Waals surface area contributed by atoms with Crippen molar-refractivity contribution in [2.45, 2.75) is 32.7 Å². The topological polar surface area (TPSA) is 90.0 Å². The first kappa shape index (κ1) is 18.0. The lowest BCUT2D eigenvalue weighted by molar-refractivity contribution is 0.0950. The zero-order valence-corrected chi connectivity index (χ0v) is 15.9. The third-order valence-corrected chi connectivity index (χ3v) is 4.94. The molecule has 0 unspecified atom stereocenters. The summed E-state index contributed by atoms with van der Waals surface area (Å²) in [5, 5.41) is 7.31. The van der Waals surface area contributed by atoms with Gasteiger partial charge in [0, 0.05) is 17.2 Å². The van der Waals surface area contributed by atoms with E-state index >= 15 is 0 Å². The quantitative estimate of drug-likeness (QED) is 0.671. The molecular weight excluding hydrogens is 352 g/mol. The SMILES string of the molecule is Cc1cccc(C(=O)c2cnn(-c3cc(C(=O)NC4CC4)ccc3C)c2N)c1. The highest BCUT2D eigenvalue weighted by Crippen LogP contribution is 2.24. The Kier molecular flexibility index (Phi) is 4.47. The third-order valence-electron chi connectivity index (χ3n) is 4.94. The van der Waals surface area contributed by atoms with Crippen molar-refractivity contribution >= 4 is 17.5 Å². The van der Waals surface area contributed by atoms with E-state index < -0.39 is 0 Å². The second-order valence-corrected chi connectivity index (χ2v) is 7.30. The number of hydrogen-bond donors (Lipinski definition) is 2. The van der Waals surface area contributed by atoms with Crippen molar-refractivity contribution < 1.29 is 9.59 Å². The number of nitrogens with one attached hydrogen (secondary N) is 1. The summed E-state index contributed by atoms with van der Waals surface area (Å²) in [6.45, 7) is 3.85. The van der Waals surface area contributed by atoms with Crippen molar-refractivity contribution in [2.75, 3.05) is 5.73 Å². The summed E-state index contributed by atoms with van der Waals surface area (Å²) in [6.07, 6.45) is 3.54. The van der Waals surface area contributed by atoms with Gasteiger partial charge in [-0.15, -0.1) is 0 Å². The summed E-state index contributed by atoms with van der Waals surface area (Å²) in [6, 6.07) is 13.1. The van der Waals surface area contributed by atoms with E-state index in [1.807, 2.05) is 38.1 Å². The van der Waals surface area contributed by atoms with E-state index in [-0.39, 0.29) is 23.6 Å². The van der Waals surface area contributed by atoms with Gasteiger partial charge in [0.1, 0.15) is 5.82 Å². The predicted molar refractivity (Wildman–Crippen MR) is 108 cm³/mol. The van der Waals surface area contributed by atoms with Gasteiger partial charge in [0.05, 0.1) is 17.4 Å². The first-order valence-electron chi connectivity index (χ1n) is 9.31. The van der Waals surface area contributed by atoms with Gasteiger partial charge in [0.2, 0.25) is 0 Å². The molecule has 1 fully saturated rings. The van der Waals surface area contributed by atoms with Crippen molar-refractivity contribution in [1.82, 2.24) is 15.1 Å². The molecule has 1 heterocycles. The van der Waals surface area contributed by atoms with Gasteiger partial charge in [-0.25, -0.2) is 4.68 Å². The van der Waals surface area contributed by atoms with Gasteiger partial charge >= 0.3 is 0 Å². The number of carbonyl (C=O) groups excluding carboxylic acids is 2. The molecule has 142 valence electrons. The lowest BCUT2D eigenvalue weighted by atomic mass is 10.0. The van der Waals surface area contributed by atoms with Gasteiger partial charge in [-0.05, 0) is 50.5 Å². The van der Waals surface area contributed by atoms with Crippen LogP contribution < -0.4 is 11.1 Å². The normalized spacial score (nSPS) is 13.4. The molecule has 6 nitrogen and oxygen atoms in total. The fourth-order valence-electron chi connectivity index (χ4n) is 3.14. The Morgan fingerprint density at radius 3 is 2.61 bits per heavy atom. The van der Waals surface area contributed by atoms with Crippen LogP contribution >= 0.6 is 0 Å². The van der Waals surface area contributed by atoms with Crippen LogP contribution in [0, 0.1) is 13.8 Å². The van der Waals surface area contributed by atoms with E-state index in [0.29, 0.717) is 22.4 Å². The molecule has 1 aliphatic rings. The van der Waals surface area contributed by atoms with Crippen LogP contribution in [-0.2, 0) is 0 Å². The number of anilines is 1. The number of rotatable bonds is 5. The van der Waals surface area contributed by atoms with Crippen LogP contribution in [0.1, 0.15) is 50.2 Å². The van der Waals surface area contributed by atoms with Crippen LogP contribution in [0.4, 0.5) is 5.82 Å². The van der Waals surface area contributed by atoms with Crippen LogP contribution in [0.2, 0.25) is 0 Å². The monoisotopic (exact) mass is 374 g/mol. The van der Waals surface area contributed by atoms with E-state index in [1.165, 1.54) is 10.9 Å². The van der Waals surface area contributed by atoms with E-state index in [9.17, 15) is 9.59 Å². The minimum atomic E-state index is -0.173. The van der Waals surface area contributed by atoms with Crippen LogP contribution in [0.3, 0.4) is 0 Å². The van der Waals surface area contributed by atoms with Gasteiger partial charge < -0.3 is 11.1 Å². The zero-order chi connectivity index (χ0) is 19.8. The van der Waals surface area contributed by atoms with E-state index in [2.05, 4.69) is 10.4 Å². The molecule has 1 aromatic heterocycles. The maximum atomic E-state index is 12.9. The van der Waals surface area contributed by atoms with E-state index in [0.717, 1.165) is 24.0 Å². The fourth-order valence-corrected chi connectivity index (χ4v) is 3.14. The van der Waals surface area contributed by atoms with E-state index in [4.69, 9.17) is 5.73 Å². The molecule has 1 amide bonds. The molecule has 4 rings (SSSR count). The Morgan fingerprint density at radius 2 is 1.89 bits per heavy atom. The second-order valence-electron chi connectivity index (χ2n) is 7.30. The van der Waals surface area contributed by atoms with Crippen LogP contribution in [-0.4, -0.2) is 27.5 Å². The van der Waals surface area contributed by atoms with Crippen molar-refractivity contribution in [3.63, 3.8) is 0 Å². The number of aromatic nitrogens is 2. The maximum Gasteiger partial charge on any atom is 0.251 e. The smallest absolute Gasteiger partial charge is 0.251 e. The predicted octanol–water partition coefficient (Wildman–Crippen LogP) is 3.19. The maximum absolute atomic E-state index is 12.9. The number of nitrogen functional groups attached to an aromatic ring is 1. The summed E-state index contributed by atoms with van der Waals surface area (Å²) >= 11 is 0.